The molecule has 2 atom stereocenters. The zero-order valence-corrected chi connectivity index (χ0v) is 20.0. The molecule has 3 aromatic rings. The molecule has 4 rings (SSSR count). The van der Waals surface area contributed by atoms with Gasteiger partial charge in [0.25, 0.3) is 0 Å². The number of aryl methyl sites for hydroxylation is 1. The van der Waals surface area contributed by atoms with Crippen LogP contribution >= 0.6 is 0 Å². The molecule has 0 saturated carbocycles. The Balaban J connectivity index is 1.36. The normalized spacial score (nSPS) is 18.1. The Hall–Kier alpha value is -2.79. The highest BCUT2D eigenvalue weighted by molar-refractivity contribution is 5.61. The highest BCUT2D eigenvalue weighted by Crippen LogP contribution is 2.36. The Morgan fingerprint density at radius 2 is 1.71 bits per heavy atom. The largest absolute Gasteiger partial charge is 0.491 e. The first-order valence-corrected chi connectivity index (χ1v) is 12.4. The van der Waals surface area contributed by atoms with Gasteiger partial charge in [0.2, 0.25) is 5.82 Å². The van der Waals surface area contributed by atoms with Gasteiger partial charge in [-0.05, 0) is 67.5 Å². The quantitative estimate of drug-likeness (QED) is 0.302. The number of hydrogen-bond donors (Lipinski definition) is 0. The maximum absolute atomic E-state index is 14.5. The van der Waals surface area contributed by atoms with E-state index in [-0.39, 0.29) is 24.0 Å². The molecule has 1 saturated heterocycles. The van der Waals surface area contributed by atoms with Gasteiger partial charge in [0.05, 0.1) is 25.0 Å². The zero-order valence-electron chi connectivity index (χ0n) is 20.0. The van der Waals surface area contributed by atoms with Crippen LogP contribution in [0.5, 0.6) is 5.75 Å². The molecule has 180 valence electrons. The van der Waals surface area contributed by atoms with Gasteiger partial charge in [-0.1, -0.05) is 50.1 Å². The standard InChI is InChI=1S/C29H33F2NO2/c1-3-5-6-7-20-8-10-21(11-9-20)23-13-16-26(34-19-23)22-12-15-25(32-18-22)24-14-17-27(33-4-2)29(31)28(24)30/h8-12,14-15,17-18,23,26H,3-7,13,16,19H2,1-2H3. The average molecular weight is 466 g/mol. The van der Waals surface area contributed by atoms with E-state index in [2.05, 4.69) is 36.2 Å². The molecule has 0 bridgehead atoms. The van der Waals surface area contributed by atoms with Crippen molar-refractivity contribution in [3.63, 3.8) is 0 Å². The summed E-state index contributed by atoms with van der Waals surface area (Å²) in [6.45, 7) is 4.90. The fourth-order valence-corrected chi connectivity index (χ4v) is 4.56. The summed E-state index contributed by atoms with van der Waals surface area (Å²) in [7, 11) is 0. The minimum Gasteiger partial charge on any atom is -0.491 e. The number of halogens is 2. The number of hydrogen-bond acceptors (Lipinski definition) is 3. The molecule has 1 aliphatic rings. The molecule has 0 amide bonds. The van der Waals surface area contributed by atoms with Gasteiger partial charge in [-0.3, -0.25) is 4.98 Å². The summed E-state index contributed by atoms with van der Waals surface area (Å²) in [6, 6.07) is 15.6. The lowest BCUT2D eigenvalue weighted by Gasteiger charge is -2.29. The molecule has 1 aromatic heterocycles. The summed E-state index contributed by atoms with van der Waals surface area (Å²) in [6.07, 6.45) is 8.53. The van der Waals surface area contributed by atoms with Gasteiger partial charge in [-0.15, -0.1) is 0 Å². The molecule has 2 aromatic carbocycles. The Kier molecular flexibility index (Phi) is 8.28. The molecule has 1 aliphatic heterocycles. The number of pyridine rings is 1. The number of rotatable bonds is 9. The molecule has 0 radical (unpaired) electrons. The average Bonchev–Trinajstić information content (AvgIpc) is 2.88. The van der Waals surface area contributed by atoms with Gasteiger partial charge in [-0.2, -0.15) is 4.39 Å². The summed E-state index contributed by atoms with van der Waals surface area (Å²) in [4.78, 5) is 4.39. The molecule has 0 spiro atoms. The van der Waals surface area contributed by atoms with Crippen LogP contribution in [0.3, 0.4) is 0 Å². The lowest BCUT2D eigenvalue weighted by Crippen LogP contribution is -2.19. The van der Waals surface area contributed by atoms with Gasteiger partial charge in [0.1, 0.15) is 0 Å². The van der Waals surface area contributed by atoms with Crippen molar-refractivity contribution in [3.8, 4) is 17.0 Å². The van der Waals surface area contributed by atoms with Crippen molar-refractivity contribution in [1.82, 2.24) is 4.98 Å². The van der Waals surface area contributed by atoms with Gasteiger partial charge in [-0.25, -0.2) is 4.39 Å². The summed E-state index contributed by atoms with van der Waals surface area (Å²) >= 11 is 0. The predicted molar refractivity (Wildman–Crippen MR) is 131 cm³/mol. The third-order valence-electron chi connectivity index (χ3n) is 6.58. The smallest absolute Gasteiger partial charge is 0.201 e. The number of benzene rings is 2. The second kappa shape index (κ2) is 11.6. The van der Waals surface area contributed by atoms with E-state index in [1.54, 1.807) is 19.2 Å². The van der Waals surface area contributed by atoms with E-state index in [4.69, 9.17) is 9.47 Å². The molecule has 1 fully saturated rings. The van der Waals surface area contributed by atoms with Crippen LogP contribution in [0, 0.1) is 11.6 Å². The van der Waals surface area contributed by atoms with Gasteiger partial charge in [0, 0.05) is 17.7 Å². The van der Waals surface area contributed by atoms with Gasteiger partial charge < -0.3 is 9.47 Å². The van der Waals surface area contributed by atoms with Crippen LogP contribution in [-0.2, 0) is 11.2 Å². The van der Waals surface area contributed by atoms with E-state index in [0.717, 1.165) is 24.8 Å². The number of ether oxygens (including phenoxy) is 2. The van der Waals surface area contributed by atoms with E-state index in [9.17, 15) is 8.78 Å². The molecule has 0 aliphatic carbocycles. The number of unbranched alkanes of at least 4 members (excludes halogenated alkanes) is 2. The summed E-state index contributed by atoms with van der Waals surface area (Å²) in [5, 5.41) is 0. The van der Waals surface area contributed by atoms with Crippen molar-refractivity contribution in [2.24, 2.45) is 0 Å². The highest BCUT2D eigenvalue weighted by atomic mass is 19.2. The van der Waals surface area contributed by atoms with Gasteiger partial charge >= 0.3 is 0 Å². The van der Waals surface area contributed by atoms with Crippen LogP contribution in [0.25, 0.3) is 11.3 Å². The monoisotopic (exact) mass is 465 g/mol. The van der Waals surface area contributed by atoms with Crippen LogP contribution < -0.4 is 4.74 Å². The number of aromatic nitrogens is 1. The lowest BCUT2D eigenvalue weighted by molar-refractivity contribution is 0.00220. The zero-order chi connectivity index (χ0) is 23.9. The van der Waals surface area contributed by atoms with E-state index < -0.39 is 11.6 Å². The second-order valence-corrected chi connectivity index (χ2v) is 8.94. The maximum Gasteiger partial charge on any atom is 0.201 e. The molecular weight excluding hydrogens is 432 g/mol. The molecular formula is C29H33F2NO2. The summed E-state index contributed by atoms with van der Waals surface area (Å²) < 4.78 is 40.0. The lowest BCUT2D eigenvalue weighted by atomic mass is 9.89. The summed E-state index contributed by atoms with van der Waals surface area (Å²) in [5.74, 6) is -1.62. The fourth-order valence-electron chi connectivity index (χ4n) is 4.56. The van der Waals surface area contributed by atoms with E-state index >= 15 is 0 Å². The third kappa shape index (κ3) is 5.64. The predicted octanol–water partition coefficient (Wildman–Crippen LogP) is 7.79. The van der Waals surface area contributed by atoms with E-state index in [1.165, 1.54) is 42.5 Å². The van der Waals surface area contributed by atoms with Crippen molar-refractivity contribution in [3.05, 3.63) is 83.1 Å². The van der Waals surface area contributed by atoms with Crippen molar-refractivity contribution >= 4 is 0 Å². The van der Waals surface area contributed by atoms with Crippen molar-refractivity contribution in [2.75, 3.05) is 13.2 Å². The Morgan fingerprint density at radius 3 is 2.35 bits per heavy atom. The molecule has 2 heterocycles. The first kappa shape index (κ1) is 24.3. The minimum absolute atomic E-state index is 0.0342. The summed E-state index contributed by atoms with van der Waals surface area (Å²) in [5.41, 5.74) is 4.20. The Morgan fingerprint density at radius 1 is 0.912 bits per heavy atom. The maximum atomic E-state index is 14.5. The van der Waals surface area contributed by atoms with Crippen LogP contribution in [0.15, 0.2) is 54.7 Å². The van der Waals surface area contributed by atoms with Crippen LogP contribution in [0.4, 0.5) is 8.78 Å². The first-order chi connectivity index (χ1) is 16.6. The van der Waals surface area contributed by atoms with Crippen LogP contribution in [0.1, 0.15) is 74.7 Å². The molecule has 2 unspecified atom stereocenters. The van der Waals surface area contributed by atoms with Crippen molar-refractivity contribution < 1.29 is 18.3 Å². The first-order valence-electron chi connectivity index (χ1n) is 12.4. The molecule has 5 heteroatoms. The number of nitrogens with zero attached hydrogens (tertiary/aromatic N) is 1. The molecule has 34 heavy (non-hydrogen) atoms. The minimum atomic E-state index is -0.985. The molecule has 0 N–H and O–H groups in total. The third-order valence-corrected chi connectivity index (χ3v) is 6.58. The molecule has 3 nitrogen and oxygen atoms in total. The van der Waals surface area contributed by atoms with Crippen molar-refractivity contribution in [1.29, 1.82) is 0 Å². The van der Waals surface area contributed by atoms with E-state index in [0.29, 0.717) is 18.2 Å². The highest BCUT2D eigenvalue weighted by Gasteiger charge is 2.25. The Bertz CT molecular complexity index is 1060. The van der Waals surface area contributed by atoms with Crippen LogP contribution in [0.2, 0.25) is 0 Å². The fraction of sp³-hybridized carbons (Fsp3) is 0.414. The topological polar surface area (TPSA) is 31.4 Å². The van der Waals surface area contributed by atoms with E-state index in [1.807, 2.05) is 6.07 Å². The van der Waals surface area contributed by atoms with Crippen LogP contribution in [-0.4, -0.2) is 18.2 Å². The Labute approximate surface area is 201 Å². The second-order valence-electron chi connectivity index (χ2n) is 8.94. The SMILES string of the molecule is CCCCCc1ccc(C2CCC(c3ccc(-c4ccc(OCC)c(F)c4F)nc3)OC2)cc1. The van der Waals surface area contributed by atoms with Gasteiger partial charge in [0.15, 0.2) is 11.6 Å². The van der Waals surface area contributed by atoms with Crippen molar-refractivity contribution in [2.45, 2.75) is 64.4 Å².